The standard InChI is InChI=1S/C59H42N4/c1-4-18-39(19-5-1)50-37-52(40-20-6-2-7-21-40)60-58-51(36-43-24-10-11-29-47(43)57(50)58)42-25-16-26-44(34-42)54-38-53(41-22-8-3-9-23-41)61-59(62-54)45-27-17-28-46(35-45)63-55-32-14-12-30-48(55)49-31-13-15-33-56(49)63/h1-38,53,59,61-62H. The molecule has 9 aromatic carbocycles. The molecule has 0 saturated heterocycles. The molecule has 2 atom stereocenters. The molecule has 0 fully saturated rings. The Labute approximate surface area is 366 Å². The molecule has 298 valence electrons. The van der Waals surface area contributed by atoms with Gasteiger partial charge < -0.3 is 9.88 Å². The number of rotatable bonds is 7. The minimum Gasteiger partial charge on any atom is -0.366 e. The fraction of sp³-hybridized carbons (Fsp3) is 0.0339. The summed E-state index contributed by atoms with van der Waals surface area (Å²) in [6.07, 6.45) is 2.16. The van der Waals surface area contributed by atoms with E-state index < -0.39 is 0 Å². The zero-order chi connectivity index (χ0) is 41.7. The molecule has 1 aliphatic heterocycles. The third-order valence-corrected chi connectivity index (χ3v) is 12.6. The lowest BCUT2D eigenvalue weighted by Gasteiger charge is -2.33. The Kier molecular flexibility index (Phi) is 9.02. The van der Waals surface area contributed by atoms with Gasteiger partial charge in [0.05, 0.1) is 28.3 Å². The number of nitrogens with zero attached hydrogens (tertiary/aromatic N) is 2. The predicted molar refractivity (Wildman–Crippen MR) is 263 cm³/mol. The van der Waals surface area contributed by atoms with Crippen LogP contribution in [0.5, 0.6) is 0 Å². The van der Waals surface area contributed by atoms with E-state index in [2.05, 4.69) is 246 Å². The lowest BCUT2D eigenvalue weighted by molar-refractivity contribution is 0.442. The number of nitrogens with one attached hydrogen (secondary N) is 2. The molecule has 63 heavy (non-hydrogen) atoms. The van der Waals surface area contributed by atoms with E-state index in [0.717, 1.165) is 55.8 Å². The number of benzene rings is 9. The van der Waals surface area contributed by atoms with Gasteiger partial charge in [-0.15, -0.1) is 0 Å². The van der Waals surface area contributed by atoms with E-state index in [4.69, 9.17) is 4.98 Å². The van der Waals surface area contributed by atoms with Gasteiger partial charge in [0.1, 0.15) is 6.17 Å². The van der Waals surface area contributed by atoms with Gasteiger partial charge in [-0.1, -0.05) is 182 Å². The maximum atomic E-state index is 5.53. The molecular formula is C59H42N4. The van der Waals surface area contributed by atoms with Crippen LogP contribution in [-0.4, -0.2) is 9.55 Å². The molecule has 0 spiro atoms. The van der Waals surface area contributed by atoms with Crippen LogP contribution in [0.25, 0.3) is 88.4 Å². The summed E-state index contributed by atoms with van der Waals surface area (Å²) in [5.41, 5.74) is 15.7. The van der Waals surface area contributed by atoms with Gasteiger partial charge in [0.2, 0.25) is 0 Å². The second-order valence-corrected chi connectivity index (χ2v) is 16.4. The van der Waals surface area contributed by atoms with E-state index in [1.165, 1.54) is 49.3 Å². The molecule has 0 amide bonds. The Morgan fingerprint density at radius 3 is 1.76 bits per heavy atom. The van der Waals surface area contributed by atoms with Crippen LogP contribution < -0.4 is 10.6 Å². The molecule has 2 unspecified atom stereocenters. The maximum absolute atomic E-state index is 5.53. The minimum atomic E-state index is -0.170. The van der Waals surface area contributed by atoms with Gasteiger partial charge >= 0.3 is 0 Å². The molecule has 4 heteroatoms. The summed E-state index contributed by atoms with van der Waals surface area (Å²) in [6, 6.07) is 80.6. The molecule has 0 bridgehead atoms. The van der Waals surface area contributed by atoms with E-state index in [-0.39, 0.29) is 12.2 Å². The first-order chi connectivity index (χ1) is 31.2. The summed E-state index contributed by atoms with van der Waals surface area (Å²) in [4.78, 5) is 5.53. The third kappa shape index (κ3) is 6.56. The second-order valence-electron chi connectivity index (χ2n) is 16.4. The van der Waals surface area contributed by atoms with Crippen molar-refractivity contribution in [2.75, 3.05) is 0 Å². The molecule has 2 N–H and O–H groups in total. The summed E-state index contributed by atoms with van der Waals surface area (Å²) >= 11 is 0. The monoisotopic (exact) mass is 806 g/mol. The Bertz CT molecular complexity index is 3460. The van der Waals surface area contributed by atoms with Crippen molar-refractivity contribution in [3.8, 4) is 39.2 Å². The quantitative estimate of drug-likeness (QED) is 0.158. The molecule has 2 aromatic heterocycles. The smallest absolute Gasteiger partial charge is 0.104 e. The molecule has 4 nitrogen and oxygen atoms in total. The van der Waals surface area contributed by atoms with Gasteiger partial charge in [0.15, 0.2) is 0 Å². The molecule has 0 saturated carbocycles. The third-order valence-electron chi connectivity index (χ3n) is 12.6. The van der Waals surface area contributed by atoms with Gasteiger partial charge in [-0.3, -0.25) is 5.32 Å². The zero-order valence-electron chi connectivity index (χ0n) is 34.5. The first-order valence-electron chi connectivity index (χ1n) is 21.7. The number of hydrogen-bond donors (Lipinski definition) is 2. The number of aromatic nitrogens is 2. The summed E-state index contributed by atoms with van der Waals surface area (Å²) in [6.45, 7) is 0. The van der Waals surface area contributed by atoms with Gasteiger partial charge in [0.25, 0.3) is 0 Å². The lowest BCUT2D eigenvalue weighted by atomic mass is 9.89. The lowest BCUT2D eigenvalue weighted by Crippen LogP contribution is -2.39. The minimum absolute atomic E-state index is 0.0296. The topological polar surface area (TPSA) is 41.9 Å². The largest absolute Gasteiger partial charge is 0.366 e. The molecule has 3 heterocycles. The first-order valence-corrected chi connectivity index (χ1v) is 21.7. The van der Waals surface area contributed by atoms with Crippen molar-refractivity contribution in [2.24, 2.45) is 0 Å². The maximum Gasteiger partial charge on any atom is 0.104 e. The van der Waals surface area contributed by atoms with Crippen LogP contribution in [0.2, 0.25) is 0 Å². The summed E-state index contributed by atoms with van der Waals surface area (Å²) < 4.78 is 2.39. The molecule has 11 aromatic rings. The fourth-order valence-corrected chi connectivity index (χ4v) is 9.66. The fourth-order valence-electron chi connectivity index (χ4n) is 9.66. The average molecular weight is 807 g/mol. The SMILES string of the molecule is C1=C(c2cccc(-c3cc4ccccc4c4c(-c5ccccc5)cc(-c5ccccc5)nc34)c2)NC(c2cccc(-n3c4ccccc4c4ccccc43)c2)NC1c1ccccc1. The Morgan fingerprint density at radius 2 is 1.02 bits per heavy atom. The van der Waals surface area contributed by atoms with E-state index in [1.807, 2.05) is 0 Å². The Morgan fingerprint density at radius 1 is 0.429 bits per heavy atom. The predicted octanol–water partition coefficient (Wildman–Crippen LogP) is 14.5. The van der Waals surface area contributed by atoms with Crippen molar-refractivity contribution in [2.45, 2.75) is 12.2 Å². The zero-order valence-corrected chi connectivity index (χ0v) is 34.5. The van der Waals surface area contributed by atoms with Crippen LogP contribution in [-0.2, 0) is 0 Å². The molecular weight excluding hydrogens is 765 g/mol. The first kappa shape index (κ1) is 36.8. The summed E-state index contributed by atoms with van der Waals surface area (Å²) in [5, 5.41) is 14.0. The second kappa shape index (κ2) is 15.4. The number of hydrogen-bond acceptors (Lipinski definition) is 3. The highest BCUT2D eigenvalue weighted by Gasteiger charge is 2.26. The van der Waals surface area contributed by atoms with Crippen LogP contribution in [0.1, 0.15) is 28.9 Å². The summed E-state index contributed by atoms with van der Waals surface area (Å²) in [5.74, 6) is 0. The number of para-hydroxylation sites is 2. The van der Waals surface area contributed by atoms with Crippen molar-refractivity contribution in [1.29, 1.82) is 0 Å². The van der Waals surface area contributed by atoms with Crippen molar-refractivity contribution >= 4 is 49.2 Å². The van der Waals surface area contributed by atoms with Crippen molar-refractivity contribution < 1.29 is 0 Å². The van der Waals surface area contributed by atoms with Gasteiger partial charge in [-0.05, 0) is 92.7 Å². The van der Waals surface area contributed by atoms with Crippen molar-refractivity contribution in [1.82, 2.24) is 20.2 Å². The average Bonchev–Trinajstić information content (AvgIpc) is 3.71. The van der Waals surface area contributed by atoms with Crippen LogP contribution >= 0.6 is 0 Å². The van der Waals surface area contributed by atoms with E-state index >= 15 is 0 Å². The van der Waals surface area contributed by atoms with Crippen LogP contribution in [0.4, 0.5) is 0 Å². The van der Waals surface area contributed by atoms with Gasteiger partial charge in [-0.2, -0.15) is 0 Å². The highest BCUT2D eigenvalue weighted by molar-refractivity contribution is 6.18. The van der Waals surface area contributed by atoms with Crippen molar-refractivity contribution in [3.05, 3.63) is 247 Å². The number of fused-ring (bicyclic) bond motifs is 6. The molecule has 12 rings (SSSR count). The highest BCUT2D eigenvalue weighted by atomic mass is 15.2. The summed E-state index contributed by atoms with van der Waals surface area (Å²) in [7, 11) is 0. The van der Waals surface area contributed by atoms with Crippen molar-refractivity contribution in [3.63, 3.8) is 0 Å². The Hall–Kier alpha value is -8.05. The van der Waals surface area contributed by atoms with Crippen LogP contribution in [0.3, 0.4) is 0 Å². The molecule has 0 aliphatic carbocycles. The van der Waals surface area contributed by atoms with Gasteiger partial charge in [0, 0.05) is 38.7 Å². The molecule has 1 aliphatic rings. The van der Waals surface area contributed by atoms with E-state index in [0.29, 0.717) is 0 Å². The normalized spacial score (nSPS) is 15.1. The van der Waals surface area contributed by atoms with Gasteiger partial charge in [-0.25, -0.2) is 4.98 Å². The van der Waals surface area contributed by atoms with Crippen LogP contribution in [0.15, 0.2) is 231 Å². The molecule has 0 radical (unpaired) electrons. The van der Waals surface area contributed by atoms with Crippen LogP contribution in [0, 0.1) is 0 Å². The Balaban J connectivity index is 1.00. The highest BCUT2D eigenvalue weighted by Crippen LogP contribution is 2.42. The number of pyridine rings is 1. The van der Waals surface area contributed by atoms with E-state index in [9.17, 15) is 0 Å². The van der Waals surface area contributed by atoms with E-state index in [1.54, 1.807) is 0 Å².